The molecule has 4 N–H and O–H groups in total. The number of carboxylic acids is 1. The predicted molar refractivity (Wildman–Crippen MR) is 54.4 cm³/mol. The number of piperidine rings is 1. The van der Waals surface area contributed by atoms with Gasteiger partial charge in [0.15, 0.2) is 0 Å². The third kappa shape index (κ3) is 4.16. The first-order valence-corrected chi connectivity index (χ1v) is 5.09. The van der Waals surface area contributed by atoms with Crippen LogP contribution in [0.5, 0.6) is 0 Å². The van der Waals surface area contributed by atoms with E-state index in [1.165, 1.54) is 0 Å². The van der Waals surface area contributed by atoms with Crippen molar-refractivity contribution in [3.8, 4) is 0 Å². The van der Waals surface area contributed by atoms with E-state index in [4.69, 9.17) is 10.8 Å². The van der Waals surface area contributed by atoms with Crippen molar-refractivity contribution in [1.82, 2.24) is 10.2 Å². The smallest absolute Gasteiger partial charge is 0.314 e. The van der Waals surface area contributed by atoms with Crippen LogP contribution < -0.4 is 11.1 Å². The first kappa shape index (κ1) is 11.8. The summed E-state index contributed by atoms with van der Waals surface area (Å²) >= 11 is 0. The molecule has 0 atom stereocenters. The van der Waals surface area contributed by atoms with Crippen molar-refractivity contribution in [2.45, 2.75) is 25.3 Å². The number of carbonyl (C=O) groups excluding carboxylic acids is 1. The Morgan fingerprint density at radius 1 is 1.40 bits per heavy atom. The number of aliphatic carboxylic acids is 1. The van der Waals surface area contributed by atoms with Crippen LogP contribution in [-0.2, 0) is 4.79 Å². The largest absolute Gasteiger partial charge is 0.481 e. The molecule has 0 saturated carbocycles. The van der Waals surface area contributed by atoms with Gasteiger partial charge in [0, 0.05) is 25.7 Å². The highest BCUT2D eigenvalue weighted by molar-refractivity contribution is 5.72. The number of nitrogens with one attached hydrogen (secondary N) is 1. The predicted octanol–water partition coefficient (Wildman–Crippen LogP) is -0.406. The number of amides is 2. The van der Waals surface area contributed by atoms with Crippen molar-refractivity contribution in [2.24, 2.45) is 5.73 Å². The average molecular weight is 215 g/mol. The van der Waals surface area contributed by atoms with Crippen LogP contribution in [0.3, 0.4) is 0 Å². The van der Waals surface area contributed by atoms with Gasteiger partial charge in [-0.3, -0.25) is 4.79 Å². The van der Waals surface area contributed by atoms with Gasteiger partial charge in [0.2, 0.25) is 0 Å². The summed E-state index contributed by atoms with van der Waals surface area (Å²) in [4.78, 5) is 22.7. The van der Waals surface area contributed by atoms with Gasteiger partial charge in [0.25, 0.3) is 0 Å². The van der Waals surface area contributed by atoms with E-state index in [0.29, 0.717) is 25.7 Å². The molecule has 0 bridgehead atoms. The SMILES string of the molecule is NC(=O)N1CCC(NCCC(=O)O)CC1. The molecule has 6 heteroatoms. The topological polar surface area (TPSA) is 95.7 Å². The lowest BCUT2D eigenvalue weighted by atomic mass is 10.1. The number of hydrogen-bond donors (Lipinski definition) is 3. The van der Waals surface area contributed by atoms with Crippen molar-refractivity contribution < 1.29 is 14.7 Å². The van der Waals surface area contributed by atoms with Crippen molar-refractivity contribution in [1.29, 1.82) is 0 Å². The van der Waals surface area contributed by atoms with Gasteiger partial charge in [-0.25, -0.2) is 4.79 Å². The Hall–Kier alpha value is -1.30. The number of nitrogens with zero attached hydrogens (tertiary/aromatic N) is 1. The lowest BCUT2D eigenvalue weighted by molar-refractivity contribution is -0.136. The molecule has 15 heavy (non-hydrogen) atoms. The maximum atomic E-state index is 10.8. The molecule has 1 aliphatic heterocycles. The fourth-order valence-electron chi connectivity index (χ4n) is 1.69. The van der Waals surface area contributed by atoms with Gasteiger partial charge in [-0.2, -0.15) is 0 Å². The maximum Gasteiger partial charge on any atom is 0.314 e. The fourth-order valence-corrected chi connectivity index (χ4v) is 1.69. The van der Waals surface area contributed by atoms with E-state index >= 15 is 0 Å². The van der Waals surface area contributed by atoms with E-state index in [-0.39, 0.29) is 12.5 Å². The second-order valence-corrected chi connectivity index (χ2v) is 3.70. The molecular weight excluding hydrogens is 198 g/mol. The zero-order valence-corrected chi connectivity index (χ0v) is 8.61. The van der Waals surface area contributed by atoms with Crippen molar-refractivity contribution in [2.75, 3.05) is 19.6 Å². The molecule has 0 aliphatic carbocycles. The minimum absolute atomic E-state index is 0.135. The first-order chi connectivity index (χ1) is 7.09. The van der Waals surface area contributed by atoms with Gasteiger partial charge in [-0.1, -0.05) is 0 Å². The summed E-state index contributed by atoms with van der Waals surface area (Å²) in [5.74, 6) is -0.794. The molecule has 1 heterocycles. The molecular formula is C9H17N3O3. The van der Waals surface area contributed by atoms with Crippen LogP contribution in [0.15, 0.2) is 0 Å². The number of nitrogens with two attached hydrogens (primary N) is 1. The van der Waals surface area contributed by atoms with Gasteiger partial charge >= 0.3 is 12.0 Å². The lowest BCUT2D eigenvalue weighted by Gasteiger charge is -2.31. The Morgan fingerprint density at radius 2 is 2.00 bits per heavy atom. The van der Waals surface area contributed by atoms with Crippen LogP contribution >= 0.6 is 0 Å². The molecule has 1 aliphatic rings. The van der Waals surface area contributed by atoms with Crippen LogP contribution in [0.4, 0.5) is 4.79 Å². The number of primary amides is 1. The van der Waals surface area contributed by atoms with Gasteiger partial charge in [-0.15, -0.1) is 0 Å². The highest BCUT2D eigenvalue weighted by Crippen LogP contribution is 2.09. The Labute approximate surface area is 88.4 Å². The molecule has 1 rings (SSSR count). The van der Waals surface area contributed by atoms with E-state index in [1.807, 2.05) is 0 Å². The van der Waals surface area contributed by atoms with E-state index in [1.54, 1.807) is 4.90 Å². The molecule has 0 aromatic rings. The highest BCUT2D eigenvalue weighted by Gasteiger charge is 2.20. The Kier molecular flexibility index (Phi) is 4.36. The summed E-state index contributed by atoms with van der Waals surface area (Å²) in [5, 5.41) is 11.6. The fraction of sp³-hybridized carbons (Fsp3) is 0.778. The zero-order chi connectivity index (χ0) is 11.3. The maximum absolute atomic E-state index is 10.8. The molecule has 1 saturated heterocycles. The molecule has 86 valence electrons. The normalized spacial score (nSPS) is 17.7. The molecule has 2 amide bonds. The Bertz CT molecular complexity index is 234. The summed E-state index contributed by atoms with van der Waals surface area (Å²) in [7, 11) is 0. The molecule has 0 aromatic carbocycles. The summed E-state index contributed by atoms with van der Waals surface area (Å²) in [5.41, 5.74) is 5.14. The third-order valence-corrected chi connectivity index (χ3v) is 2.58. The minimum Gasteiger partial charge on any atom is -0.481 e. The van der Waals surface area contributed by atoms with E-state index in [2.05, 4.69) is 5.32 Å². The third-order valence-electron chi connectivity index (χ3n) is 2.58. The first-order valence-electron chi connectivity index (χ1n) is 5.09. The van der Waals surface area contributed by atoms with Gasteiger partial charge in [-0.05, 0) is 12.8 Å². The van der Waals surface area contributed by atoms with E-state index in [0.717, 1.165) is 12.8 Å². The van der Waals surface area contributed by atoms with Gasteiger partial charge < -0.3 is 21.1 Å². The number of rotatable bonds is 4. The van der Waals surface area contributed by atoms with Gasteiger partial charge in [0.1, 0.15) is 0 Å². The van der Waals surface area contributed by atoms with Crippen LogP contribution in [0, 0.1) is 0 Å². The average Bonchev–Trinajstić information content (AvgIpc) is 2.18. The van der Waals surface area contributed by atoms with E-state index in [9.17, 15) is 9.59 Å². The monoisotopic (exact) mass is 215 g/mol. The Morgan fingerprint density at radius 3 is 2.47 bits per heavy atom. The number of urea groups is 1. The second kappa shape index (κ2) is 5.55. The van der Waals surface area contributed by atoms with E-state index < -0.39 is 5.97 Å². The molecule has 0 aromatic heterocycles. The van der Waals surface area contributed by atoms with Crippen LogP contribution in [0.2, 0.25) is 0 Å². The summed E-state index contributed by atoms with van der Waals surface area (Å²) < 4.78 is 0. The number of carboxylic acid groups (broad SMARTS) is 1. The summed E-state index contributed by atoms with van der Waals surface area (Å²) in [6.07, 6.45) is 1.81. The number of hydrogen-bond acceptors (Lipinski definition) is 3. The number of carbonyl (C=O) groups is 2. The molecule has 1 fully saturated rings. The van der Waals surface area contributed by atoms with Crippen molar-refractivity contribution in [3.05, 3.63) is 0 Å². The highest BCUT2D eigenvalue weighted by atomic mass is 16.4. The standard InChI is InChI=1S/C9H17N3O3/c10-9(15)12-5-2-7(3-6-12)11-4-1-8(13)14/h7,11H,1-6H2,(H2,10,15)(H,13,14). The quantitative estimate of drug-likeness (QED) is 0.594. The molecule has 0 radical (unpaired) electrons. The van der Waals surface area contributed by atoms with Gasteiger partial charge in [0.05, 0.1) is 6.42 Å². The molecule has 0 spiro atoms. The molecule has 0 unspecified atom stereocenters. The Balaban J connectivity index is 2.14. The second-order valence-electron chi connectivity index (χ2n) is 3.70. The minimum atomic E-state index is -0.794. The van der Waals surface area contributed by atoms with Crippen LogP contribution in [-0.4, -0.2) is 47.7 Å². The van der Waals surface area contributed by atoms with Crippen molar-refractivity contribution >= 4 is 12.0 Å². The lowest BCUT2D eigenvalue weighted by Crippen LogP contribution is -2.47. The van der Waals surface area contributed by atoms with Crippen LogP contribution in [0.25, 0.3) is 0 Å². The molecule has 6 nitrogen and oxygen atoms in total. The van der Waals surface area contributed by atoms with Crippen LogP contribution in [0.1, 0.15) is 19.3 Å². The summed E-state index contributed by atoms with van der Waals surface area (Å²) in [6.45, 7) is 1.79. The van der Waals surface area contributed by atoms with Crippen molar-refractivity contribution in [3.63, 3.8) is 0 Å². The number of likely N-dealkylation sites (tertiary alicyclic amines) is 1. The zero-order valence-electron chi connectivity index (χ0n) is 8.61. The summed E-state index contributed by atoms with van der Waals surface area (Å²) in [6, 6.07) is -0.0704.